The summed E-state index contributed by atoms with van der Waals surface area (Å²) >= 11 is 0. The number of benzene rings is 3. The molecule has 4 rings (SSSR count). The number of rotatable bonds is 7. The van der Waals surface area contributed by atoms with E-state index in [1.807, 2.05) is 42.5 Å². The van der Waals surface area contributed by atoms with Crippen LogP contribution >= 0.6 is 0 Å². The SMILES string of the molecule is COc1ccc(/C(=N\c2c(C(C)C)cccc2C(C)C)C2=N[C@@H](c3ccccc3)CO2)cc1. The van der Waals surface area contributed by atoms with Crippen molar-refractivity contribution in [2.24, 2.45) is 9.98 Å². The Morgan fingerprint density at radius 3 is 2.09 bits per heavy atom. The fraction of sp³-hybridized carbons (Fsp3) is 0.310. The summed E-state index contributed by atoms with van der Waals surface area (Å²) in [5.74, 6) is 2.09. The van der Waals surface area contributed by atoms with E-state index in [1.165, 1.54) is 11.1 Å². The second-order valence-electron chi connectivity index (χ2n) is 8.96. The van der Waals surface area contributed by atoms with Gasteiger partial charge in [0.15, 0.2) is 0 Å². The van der Waals surface area contributed by atoms with Crippen LogP contribution in [0.3, 0.4) is 0 Å². The first-order valence-corrected chi connectivity index (χ1v) is 11.6. The Kier molecular flexibility index (Phi) is 6.93. The van der Waals surface area contributed by atoms with Gasteiger partial charge in [-0.3, -0.25) is 0 Å². The van der Waals surface area contributed by atoms with E-state index in [0.717, 1.165) is 28.3 Å². The molecule has 0 N–H and O–H groups in total. The number of hydrogen-bond donors (Lipinski definition) is 0. The number of nitrogens with zero attached hydrogens (tertiary/aromatic N) is 2. The van der Waals surface area contributed by atoms with E-state index in [4.69, 9.17) is 19.5 Å². The third-order valence-electron chi connectivity index (χ3n) is 5.97. The van der Waals surface area contributed by atoms with Gasteiger partial charge in [-0.1, -0.05) is 76.2 Å². The Hall–Kier alpha value is -3.40. The average molecular weight is 441 g/mol. The summed E-state index contributed by atoms with van der Waals surface area (Å²) in [5, 5.41) is 0. The predicted molar refractivity (Wildman–Crippen MR) is 136 cm³/mol. The van der Waals surface area contributed by atoms with Gasteiger partial charge in [-0.25, -0.2) is 9.98 Å². The summed E-state index contributed by atoms with van der Waals surface area (Å²) in [7, 11) is 1.67. The minimum absolute atomic E-state index is 0.0328. The molecule has 33 heavy (non-hydrogen) atoms. The lowest BCUT2D eigenvalue weighted by Crippen LogP contribution is -2.16. The number of aliphatic imine (C=N–C) groups is 2. The molecule has 0 fully saturated rings. The highest BCUT2D eigenvalue weighted by Gasteiger charge is 2.26. The second-order valence-corrected chi connectivity index (χ2v) is 8.96. The maximum Gasteiger partial charge on any atom is 0.236 e. The molecule has 3 aromatic rings. The Morgan fingerprint density at radius 1 is 0.879 bits per heavy atom. The van der Waals surface area contributed by atoms with Crippen LogP contribution in [0.1, 0.15) is 67.8 Å². The van der Waals surface area contributed by atoms with Crippen molar-refractivity contribution >= 4 is 17.3 Å². The van der Waals surface area contributed by atoms with Gasteiger partial charge < -0.3 is 9.47 Å². The quantitative estimate of drug-likeness (QED) is 0.364. The molecule has 0 aromatic heterocycles. The van der Waals surface area contributed by atoms with Gasteiger partial charge in [-0.05, 0) is 52.8 Å². The van der Waals surface area contributed by atoms with Gasteiger partial charge >= 0.3 is 0 Å². The summed E-state index contributed by atoms with van der Waals surface area (Å²) in [6, 6.07) is 24.7. The van der Waals surface area contributed by atoms with Crippen LogP contribution in [0, 0.1) is 0 Å². The number of para-hydroxylation sites is 1. The first-order valence-electron chi connectivity index (χ1n) is 11.6. The highest BCUT2D eigenvalue weighted by molar-refractivity contribution is 6.46. The highest BCUT2D eigenvalue weighted by Crippen LogP contribution is 2.36. The van der Waals surface area contributed by atoms with Crippen molar-refractivity contribution in [3.8, 4) is 5.75 Å². The third kappa shape index (κ3) is 5.00. The van der Waals surface area contributed by atoms with Gasteiger partial charge in [0, 0.05) is 5.56 Å². The zero-order valence-electron chi connectivity index (χ0n) is 20.1. The van der Waals surface area contributed by atoms with Crippen molar-refractivity contribution in [3.63, 3.8) is 0 Å². The van der Waals surface area contributed by atoms with Gasteiger partial charge in [0.05, 0.1) is 12.8 Å². The molecule has 0 spiro atoms. The van der Waals surface area contributed by atoms with Crippen molar-refractivity contribution in [3.05, 3.63) is 95.1 Å². The third-order valence-corrected chi connectivity index (χ3v) is 5.97. The Bertz CT molecular complexity index is 1120. The first-order chi connectivity index (χ1) is 16.0. The van der Waals surface area contributed by atoms with Crippen molar-refractivity contribution in [1.82, 2.24) is 0 Å². The largest absolute Gasteiger partial charge is 0.497 e. The summed E-state index contributed by atoms with van der Waals surface area (Å²) in [6.07, 6.45) is 0. The molecule has 4 heteroatoms. The smallest absolute Gasteiger partial charge is 0.236 e. The standard InChI is InChI=1S/C29H32N2O2/c1-19(2)24-12-9-13-25(20(3)4)28(24)31-27(22-14-16-23(32-5)17-15-22)29-30-26(18-33-29)21-10-7-6-8-11-21/h6-17,19-20,26H,18H2,1-5H3/b31-27+/t26-/m1/s1. The Balaban J connectivity index is 1.87. The van der Waals surface area contributed by atoms with E-state index in [9.17, 15) is 0 Å². The molecule has 0 unspecified atom stereocenters. The lowest BCUT2D eigenvalue weighted by atomic mass is 9.92. The lowest BCUT2D eigenvalue weighted by molar-refractivity contribution is 0.323. The molecule has 0 saturated carbocycles. The second kappa shape index (κ2) is 10.0. The number of methoxy groups -OCH3 is 1. The van der Waals surface area contributed by atoms with Crippen LogP contribution in [-0.4, -0.2) is 25.3 Å². The molecule has 0 saturated heterocycles. The van der Waals surface area contributed by atoms with Gasteiger partial charge in [0.2, 0.25) is 5.90 Å². The molecular weight excluding hydrogens is 408 g/mol. The molecule has 0 aliphatic carbocycles. The minimum Gasteiger partial charge on any atom is -0.497 e. The van der Waals surface area contributed by atoms with Crippen molar-refractivity contribution < 1.29 is 9.47 Å². The normalized spacial score (nSPS) is 16.2. The first kappa shape index (κ1) is 22.8. The summed E-state index contributed by atoms with van der Waals surface area (Å²) in [6.45, 7) is 9.35. The maximum absolute atomic E-state index is 6.15. The molecular formula is C29H32N2O2. The van der Waals surface area contributed by atoms with Crippen LogP contribution in [0.2, 0.25) is 0 Å². The van der Waals surface area contributed by atoms with E-state index in [0.29, 0.717) is 24.3 Å². The van der Waals surface area contributed by atoms with Crippen LogP contribution in [0.25, 0.3) is 0 Å². The summed E-state index contributed by atoms with van der Waals surface area (Å²) < 4.78 is 11.5. The zero-order valence-corrected chi connectivity index (χ0v) is 20.1. The molecule has 0 radical (unpaired) electrons. The van der Waals surface area contributed by atoms with E-state index in [2.05, 4.69) is 58.0 Å². The van der Waals surface area contributed by atoms with E-state index < -0.39 is 0 Å². The van der Waals surface area contributed by atoms with Crippen LogP contribution in [0.5, 0.6) is 5.75 Å². The van der Waals surface area contributed by atoms with Gasteiger partial charge in [0.25, 0.3) is 0 Å². The van der Waals surface area contributed by atoms with Crippen LogP contribution in [0.15, 0.2) is 82.8 Å². The molecule has 1 aliphatic heterocycles. The fourth-order valence-corrected chi connectivity index (χ4v) is 4.09. The molecule has 1 atom stereocenters. The van der Waals surface area contributed by atoms with E-state index in [-0.39, 0.29) is 6.04 Å². The highest BCUT2D eigenvalue weighted by atomic mass is 16.5. The topological polar surface area (TPSA) is 43.2 Å². The van der Waals surface area contributed by atoms with Crippen LogP contribution in [0.4, 0.5) is 5.69 Å². The minimum atomic E-state index is -0.0328. The van der Waals surface area contributed by atoms with E-state index >= 15 is 0 Å². The molecule has 3 aromatic carbocycles. The Labute approximate surface area is 197 Å². The van der Waals surface area contributed by atoms with Crippen LogP contribution in [-0.2, 0) is 4.74 Å². The number of ether oxygens (including phenoxy) is 2. The summed E-state index contributed by atoms with van der Waals surface area (Å²) in [5.41, 5.74) is 6.33. The van der Waals surface area contributed by atoms with Crippen molar-refractivity contribution in [2.75, 3.05) is 13.7 Å². The maximum atomic E-state index is 6.15. The molecule has 170 valence electrons. The summed E-state index contributed by atoms with van der Waals surface area (Å²) in [4.78, 5) is 10.2. The van der Waals surface area contributed by atoms with Crippen molar-refractivity contribution in [1.29, 1.82) is 0 Å². The average Bonchev–Trinajstić information content (AvgIpc) is 3.33. The monoisotopic (exact) mass is 440 g/mol. The Morgan fingerprint density at radius 2 is 1.52 bits per heavy atom. The van der Waals surface area contributed by atoms with Gasteiger partial charge in [-0.15, -0.1) is 0 Å². The molecule has 1 aliphatic rings. The van der Waals surface area contributed by atoms with E-state index in [1.54, 1.807) is 7.11 Å². The number of hydrogen-bond acceptors (Lipinski definition) is 4. The molecule has 1 heterocycles. The lowest BCUT2D eigenvalue weighted by Gasteiger charge is -2.18. The predicted octanol–water partition coefficient (Wildman–Crippen LogP) is 7.23. The van der Waals surface area contributed by atoms with Crippen molar-refractivity contribution in [2.45, 2.75) is 45.6 Å². The zero-order chi connectivity index (χ0) is 23.4. The molecule has 0 bridgehead atoms. The fourth-order valence-electron chi connectivity index (χ4n) is 4.09. The molecule has 0 amide bonds. The van der Waals surface area contributed by atoms with Crippen LogP contribution < -0.4 is 4.74 Å². The van der Waals surface area contributed by atoms with Gasteiger partial charge in [-0.2, -0.15) is 0 Å². The van der Waals surface area contributed by atoms with Gasteiger partial charge in [0.1, 0.15) is 24.1 Å². The molecule has 4 nitrogen and oxygen atoms in total.